The van der Waals surface area contributed by atoms with E-state index in [9.17, 15) is 4.79 Å². The van der Waals surface area contributed by atoms with Crippen molar-refractivity contribution in [2.75, 3.05) is 20.7 Å². The van der Waals surface area contributed by atoms with Gasteiger partial charge in [0.25, 0.3) is 0 Å². The van der Waals surface area contributed by atoms with E-state index in [4.69, 9.17) is 4.74 Å². The molecule has 0 saturated heterocycles. The van der Waals surface area contributed by atoms with E-state index >= 15 is 0 Å². The molecule has 0 unspecified atom stereocenters. The Morgan fingerprint density at radius 2 is 1.89 bits per heavy atom. The Hall–Kier alpha value is -1.51. The van der Waals surface area contributed by atoms with Crippen molar-refractivity contribution in [3.8, 4) is 5.75 Å². The van der Waals surface area contributed by atoms with E-state index in [0.29, 0.717) is 12.3 Å². The first-order valence-electron chi connectivity index (χ1n) is 6.39. The van der Waals surface area contributed by atoms with Crippen molar-refractivity contribution in [1.29, 1.82) is 0 Å². The Morgan fingerprint density at radius 1 is 1.28 bits per heavy atom. The van der Waals surface area contributed by atoms with Crippen molar-refractivity contribution in [1.82, 2.24) is 4.90 Å². The molecule has 0 radical (unpaired) electrons. The lowest BCUT2D eigenvalue weighted by atomic mass is 10.1. The molecule has 0 bridgehead atoms. The van der Waals surface area contributed by atoms with Gasteiger partial charge in [0.15, 0.2) is 0 Å². The summed E-state index contributed by atoms with van der Waals surface area (Å²) >= 11 is 0. The molecule has 100 valence electrons. The molecule has 0 N–H and O–H groups in total. The number of rotatable bonds is 6. The minimum absolute atomic E-state index is 0.208. The standard InChI is InChI=1S/C15H23NO2/c1-12(2)11-16(3)15(17)10-7-13-5-8-14(18-4)9-6-13/h5-6,8-9,12H,7,10-11H2,1-4H3. The molecule has 0 aliphatic rings. The summed E-state index contributed by atoms with van der Waals surface area (Å²) in [4.78, 5) is 13.7. The summed E-state index contributed by atoms with van der Waals surface area (Å²) in [5, 5.41) is 0. The molecule has 0 fully saturated rings. The number of carbonyl (C=O) groups is 1. The Kier molecular flexibility index (Phi) is 5.69. The van der Waals surface area contributed by atoms with Crippen LogP contribution in [0.4, 0.5) is 0 Å². The molecule has 1 aromatic rings. The summed E-state index contributed by atoms with van der Waals surface area (Å²) in [5.74, 6) is 1.57. The van der Waals surface area contributed by atoms with Gasteiger partial charge in [-0.15, -0.1) is 0 Å². The lowest BCUT2D eigenvalue weighted by molar-refractivity contribution is -0.130. The van der Waals surface area contributed by atoms with Gasteiger partial charge in [-0.2, -0.15) is 0 Å². The van der Waals surface area contributed by atoms with E-state index in [0.717, 1.165) is 18.7 Å². The Bertz CT molecular complexity index is 371. The molecule has 0 heterocycles. The van der Waals surface area contributed by atoms with Crippen molar-refractivity contribution < 1.29 is 9.53 Å². The average molecular weight is 249 g/mol. The van der Waals surface area contributed by atoms with E-state index in [2.05, 4.69) is 13.8 Å². The Labute approximate surface area is 110 Å². The number of hydrogen-bond donors (Lipinski definition) is 0. The summed E-state index contributed by atoms with van der Waals surface area (Å²) in [6.45, 7) is 5.06. The predicted octanol–water partition coefficient (Wildman–Crippen LogP) is 2.74. The molecule has 1 amide bonds. The van der Waals surface area contributed by atoms with Crippen molar-refractivity contribution in [2.45, 2.75) is 26.7 Å². The zero-order valence-corrected chi connectivity index (χ0v) is 11.8. The minimum Gasteiger partial charge on any atom is -0.497 e. The second-order valence-corrected chi connectivity index (χ2v) is 5.02. The van der Waals surface area contributed by atoms with Gasteiger partial charge in [-0.1, -0.05) is 26.0 Å². The number of nitrogens with zero attached hydrogens (tertiary/aromatic N) is 1. The number of hydrogen-bond acceptors (Lipinski definition) is 2. The van der Waals surface area contributed by atoms with Gasteiger partial charge in [-0.25, -0.2) is 0 Å². The van der Waals surface area contributed by atoms with Crippen molar-refractivity contribution >= 4 is 5.91 Å². The highest BCUT2D eigenvalue weighted by molar-refractivity contribution is 5.76. The number of aryl methyl sites for hydroxylation is 1. The summed E-state index contributed by atoms with van der Waals surface area (Å²) in [6.07, 6.45) is 1.35. The van der Waals surface area contributed by atoms with Crippen LogP contribution in [0.15, 0.2) is 24.3 Å². The topological polar surface area (TPSA) is 29.5 Å². The van der Waals surface area contributed by atoms with Gasteiger partial charge in [-0.05, 0) is 30.0 Å². The van der Waals surface area contributed by atoms with Crippen LogP contribution in [-0.4, -0.2) is 31.5 Å². The summed E-state index contributed by atoms with van der Waals surface area (Å²) in [5.41, 5.74) is 1.17. The van der Waals surface area contributed by atoms with Crippen molar-refractivity contribution in [3.63, 3.8) is 0 Å². The average Bonchev–Trinajstić information content (AvgIpc) is 2.35. The van der Waals surface area contributed by atoms with Crippen molar-refractivity contribution in [2.24, 2.45) is 5.92 Å². The maximum absolute atomic E-state index is 11.9. The van der Waals surface area contributed by atoms with Crippen LogP contribution in [0.25, 0.3) is 0 Å². The summed E-state index contributed by atoms with van der Waals surface area (Å²) < 4.78 is 5.10. The quantitative estimate of drug-likeness (QED) is 0.776. The van der Waals surface area contributed by atoms with Gasteiger partial charge in [0, 0.05) is 20.0 Å². The van der Waals surface area contributed by atoms with Crippen LogP contribution in [-0.2, 0) is 11.2 Å². The highest BCUT2D eigenvalue weighted by Gasteiger charge is 2.10. The van der Waals surface area contributed by atoms with E-state index in [1.54, 1.807) is 7.11 Å². The molecule has 0 aromatic heterocycles. The maximum atomic E-state index is 11.9. The molecule has 0 saturated carbocycles. The number of carbonyl (C=O) groups excluding carboxylic acids is 1. The lowest BCUT2D eigenvalue weighted by Crippen LogP contribution is -2.30. The van der Waals surface area contributed by atoms with Crippen LogP contribution < -0.4 is 4.74 Å². The number of ether oxygens (including phenoxy) is 1. The highest BCUT2D eigenvalue weighted by Crippen LogP contribution is 2.13. The Balaban J connectivity index is 2.41. The lowest BCUT2D eigenvalue weighted by Gasteiger charge is -2.19. The largest absolute Gasteiger partial charge is 0.497 e. The second-order valence-electron chi connectivity index (χ2n) is 5.02. The van der Waals surface area contributed by atoms with E-state index < -0.39 is 0 Å². The first-order chi connectivity index (χ1) is 8.52. The van der Waals surface area contributed by atoms with Crippen LogP contribution >= 0.6 is 0 Å². The zero-order valence-electron chi connectivity index (χ0n) is 11.8. The zero-order chi connectivity index (χ0) is 13.5. The third-order valence-corrected chi connectivity index (χ3v) is 2.85. The molecule has 0 aliphatic carbocycles. The number of methoxy groups -OCH3 is 1. The van der Waals surface area contributed by atoms with Crippen molar-refractivity contribution in [3.05, 3.63) is 29.8 Å². The SMILES string of the molecule is COc1ccc(CCC(=O)N(C)CC(C)C)cc1. The van der Waals surface area contributed by atoms with Crippen LogP contribution in [0.1, 0.15) is 25.8 Å². The highest BCUT2D eigenvalue weighted by atomic mass is 16.5. The third-order valence-electron chi connectivity index (χ3n) is 2.85. The number of amides is 1. The molecule has 0 aliphatic heterocycles. The third kappa shape index (κ3) is 4.78. The first-order valence-corrected chi connectivity index (χ1v) is 6.39. The molecule has 1 rings (SSSR count). The monoisotopic (exact) mass is 249 g/mol. The summed E-state index contributed by atoms with van der Waals surface area (Å²) in [6, 6.07) is 7.87. The molecule has 0 spiro atoms. The van der Waals surface area contributed by atoms with Gasteiger partial charge < -0.3 is 9.64 Å². The smallest absolute Gasteiger partial charge is 0.222 e. The molecule has 3 heteroatoms. The van der Waals surface area contributed by atoms with Crippen LogP contribution in [0.2, 0.25) is 0 Å². The molecule has 3 nitrogen and oxygen atoms in total. The molecule has 1 aromatic carbocycles. The predicted molar refractivity (Wildman–Crippen MR) is 73.8 cm³/mol. The molecular weight excluding hydrogens is 226 g/mol. The van der Waals surface area contributed by atoms with Gasteiger partial charge in [-0.3, -0.25) is 4.79 Å². The Morgan fingerprint density at radius 3 is 2.39 bits per heavy atom. The van der Waals surface area contributed by atoms with Gasteiger partial charge in [0.2, 0.25) is 5.91 Å². The molecular formula is C15H23NO2. The maximum Gasteiger partial charge on any atom is 0.222 e. The first kappa shape index (κ1) is 14.6. The van der Waals surface area contributed by atoms with E-state index in [1.807, 2.05) is 36.2 Å². The van der Waals surface area contributed by atoms with Crippen LogP contribution in [0.3, 0.4) is 0 Å². The van der Waals surface area contributed by atoms with E-state index in [1.165, 1.54) is 5.56 Å². The normalized spacial score (nSPS) is 10.5. The van der Waals surface area contributed by atoms with Gasteiger partial charge >= 0.3 is 0 Å². The van der Waals surface area contributed by atoms with Gasteiger partial charge in [0.05, 0.1) is 7.11 Å². The number of benzene rings is 1. The van der Waals surface area contributed by atoms with E-state index in [-0.39, 0.29) is 5.91 Å². The fourth-order valence-electron chi connectivity index (χ4n) is 1.88. The van der Waals surface area contributed by atoms with Crippen LogP contribution in [0.5, 0.6) is 5.75 Å². The fraction of sp³-hybridized carbons (Fsp3) is 0.533. The molecule has 0 atom stereocenters. The minimum atomic E-state index is 0.208. The van der Waals surface area contributed by atoms with Gasteiger partial charge in [0.1, 0.15) is 5.75 Å². The second kappa shape index (κ2) is 7.04. The summed E-state index contributed by atoms with van der Waals surface area (Å²) in [7, 11) is 3.52. The van der Waals surface area contributed by atoms with Crippen LogP contribution in [0, 0.1) is 5.92 Å². The fourth-order valence-corrected chi connectivity index (χ4v) is 1.88. The molecule has 18 heavy (non-hydrogen) atoms.